The molecule has 0 amide bonds. The average molecular weight is 318 g/mol. The molecular weight excluding hydrogens is 292 g/mol. The summed E-state index contributed by atoms with van der Waals surface area (Å²) in [5, 5.41) is 12.5. The maximum atomic E-state index is 11.1. The highest BCUT2D eigenvalue weighted by Crippen LogP contribution is 2.31. The van der Waals surface area contributed by atoms with E-state index in [1.54, 1.807) is 7.11 Å². The Morgan fingerprint density at radius 1 is 1.35 bits per heavy atom. The molecule has 0 spiro atoms. The van der Waals surface area contributed by atoms with Crippen molar-refractivity contribution >= 4 is 5.97 Å². The Labute approximate surface area is 137 Å². The summed E-state index contributed by atoms with van der Waals surface area (Å²) in [5.41, 5.74) is 2.37. The number of rotatable bonds is 5. The minimum atomic E-state index is -0.706. The second-order valence-electron chi connectivity index (χ2n) is 6.64. The second kappa shape index (κ2) is 7.32. The van der Waals surface area contributed by atoms with Gasteiger partial charge in [-0.2, -0.15) is 0 Å². The molecule has 2 atom stereocenters. The number of nitrogens with one attached hydrogen (secondary N) is 1. The van der Waals surface area contributed by atoms with Crippen molar-refractivity contribution in [1.82, 2.24) is 10.2 Å². The van der Waals surface area contributed by atoms with Crippen molar-refractivity contribution in [3.05, 3.63) is 29.3 Å². The third-order valence-electron chi connectivity index (χ3n) is 5.03. The van der Waals surface area contributed by atoms with Gasteiger partial charge in [0.15, 0.2) is 0 Å². The summed E-state index contributed by atoms with van der Waals surface area (Å²) in [4.78, 5) is 13.6. The van der Waals surface area contributed by atoms with Crippen LogP contribution in [0.3, 0.4) is 0 Å². The van der Waals surface area contributed by atoms with Crippen molar-refractivity contribution in [2.45, 2.75) is 38.3 Å². The van der Waals surface area contributed by atoms with Crippen LogP contribution in [0.5, 0.6) is 5.75 Å². The van der Waals surface area contributed by atoms with E-state index in [9.17, 15) is 4.79 Å². The molecule has 2 fully saturated rings. The molecular formula is C18H26N2O3. The van der Waals surface area contributed by atoms with Gasteiger partial charge in [-0.25, -0.2) is 0 Å². The number of carbonyl (C=O) groups is 1. The molecule has 1 aromatic rings. The van der Waals surface area contributed by atoms with E-state index in [0.29, 0.717) is 13.0 Å². The highest BCUT2D eigenvalue weighted by molar-refractivity contribution is 5.70. The molecule has 5 heteroatoms. The van der Waals surface area contributed by atoms with Crippen LogP contribution in [0.25, 0.3) is 0 Å². The minimum Gasteiger partial charge on any atom is -0.496 e. The number of hydrogen-bond acceptors (Lipinski definition) is 4. The van der Waals surface area contributed by atoms with Crippen LogP contribution in [0, 0.1) is 5.92 Å². The molecule has 0 radical (unpaired) electrons. The van der Waals surface area contributed by atoms with Crippen molar-refractivity contribution in [2.24, 2.45) is 5.92 Å². The van der Waals surface area contributed by atoms with Crippen LogP contribution >= 0.6 is 0 Å². The van der Waals surface area contributed by atoms with Crippen molar-refractivity contribution in [1.29, 1.82) is 0 Å². The third-order valence-corrected chi connectivity index (χ3v) is 5.03. The first-order valence-electron chi connectivity index (χ1n) is 8.52. The van der Waals surface area contributed by atoms with Crippen LogP contribution < -0.4 is 10.1 Å². The molecule has 2 aliphatic rings. The first-order valence-corrected chi connectivity index (χ1v) is 8.52. The summed E-state index contributed by atoms with van der Waals surface area (Å²) >= 11 is 0. The molecule has 2 saturated heterocycles. The van der Waals surface area contributed by atoms with Gasteiger partial charge in [0.25, 0.3) is 0 Å². The average Bonchev–Trinajstić information content (AvgIpc) is 3.06. The molecule has 5 nitrogen and oxygen atoms in total. The van der Waals surface area contributed by atoms with Gasteiger partial charge in [0, 0.05) is 24.7 Å². The quantitative estimate of drug-likeness (QED) is 0.873. The van der Waals surface area contributed by atoms with Gasteiger partial charge in [-0.15, -0.1) is 0 Å². The van der Waals surface area contributed by atoms with Crippen LogP contribution in [-0.4, -0.2) is 42.7 Å². The lowest BCUT2D eigenvalue weighted by atomic mass is 9.98. The van der Waals surface area contributed by atoms with Crippen LogP contribution in [0.15, 0.2) is 18.2 Å². The van der Waals surface area contributed by atoms with Crippen LogP contribution in [0.4, 0.5) is 0 Å². The van der Waals surface area contributed by atoms with Gasteiger partial charge in [0.2, 0.25) is 0 Å². The molecule has 2 aliphatic heterocycles. The first-order chi connectivity index (χ1) is 11.2. The van der Waals surface area contributed by atoms with E-state index >= 15 is 0 Å². The lowest BCUT2D eigenvalue weighted by Crippen LogP contribution is -2.29. The predicted octanol–water partition coefficient (Wildman–Crippen LogP) is 2.42. The SMILES string of the molecule is COc1ccc(C2CC(C(=O)O)CN2)cc1CN1CCCCC1. The number of carboxylic acids is 1. The molecule has 2 unspecified atom stereocenters. The normalized spacial score (nSPS) is 25.4. The van der Waals surface area contributed by atoms with Gasteiger partial charge in [0.1, 0.15) is 5.75 Å². The number of hydrogen-bond donors (Lipinski definition) is 2. The lowest BCUT2D eigenvalue weighted by molar-refractivity contribution is -0.141. The molecule has 1 aromatic carbocycles. The zero-order valence-corrected chi connectivity index (χ0v) is 13.8. The maximum Gasteiger partial charge on any atom is 0.307 e. The molecule has 3 rings (SSSR count). The van der Waals surface area contributed by atoms with E-state index in [2.05, 4.69) is 22.3 Å². The standard InChI is InChI=1S/C18H26N2O3/c1-23-17-6-5-13(16-10-14(11-19-16)18(21)22)9-15(17)12-20-7-3-2-4-8-20/h5-6,9,14,16,19H,2-4,7-8,10-12H2,1H3,(H,21,22). The summed E-state index contributed by atoms with van der Waals surface area (Å²) in [5.74, 6) is -0.0678. The Bertz CT molecular complexity index is 555. The fourth-order valence-electron chi connectivity index (χ4n) is 3.68. The van der Waals surface area contributed by atoms with Gasteiger partial charge in [-0.1, -0.05) is 12.5 Å². The van der Waals surface area contributed by atoms with Gasteiger partial charge >= 0.3 is 5.97 Å². The first kappa shape index (κ1) is 16.3. The Hall–Kier alpha value is -1.59. The molecule has 0 bridgehead atoms. The van der Waals surface area contributed by atoms with E-state index in [-0.39, 0.29) is 12.0 Å². The molecule has 0 saturated carbocycles. The minimum absolute atomic E-state index is 0.127. The Morgan fingerprint density at radius 3 is 2.78 bits per heavy atom. The number of benzene rings is 1. The number of piperidine rings is 1. The number of nitrogens with zero attached hydrogens (tertiary/aromatic N) is 1. The number of carboxylic acid groups (broad SMARTS) is 1. The third kappa shape index (κ3) is 3.85. The van der Waals surface area contributed by atoms with E-state index in [1.807, 2.05) is 6.07 Å². The van der Waals surface area contributed by atoms with Crippen LogP contribution in [0.1, 0.15) is 42.9 Å². The summed E-state index contributed by atoms with van der Waals surface area (Å²) in [6, 6.07) is 6.39. The highest BCUT2D eigenvalue weighted by atomic mass is 16.5. The Kier molecular flexibility index (Phi) is 5.18. The highest BCUT2D eigenvalue weighted by Gasteiger charge is 2.30. The number of ether oxygens (including phenoxy) is 1. The van der Waals surface area contributed by atoms with Gasteiger partial charge in [0.05, 0.1) is 13.0 Å². The number of methoxy groups -OCH3 is 1. The van der Waals surface area contributed by atoms with E-state index in [0.717, 1.165) is 25.4 Å². The lowest BCUT2D eigenvalue weighted by Gasteiger charge is -2.27. The van der Waals surface area contributed by atoms with Crippen molar-refractivity contribution in [2.75, 3.05) is 26.7 Å². The van der Waals surface area contributed by atoms with E-state index in [4.69, 9.17) is 9.84 Å². The van der Waals surface area contributed by atoms with Gasteiger partial charge < -0.3 is 15.2 Å². The molecule has 0 aromatic heterocycles. The van der Waals surface area contributed by atoms with Crippen molar-refractivity contribution < 1.29 is 14.6 Å². The fourth-order valence-corrected chi connectivity index (χ4v) is 3.68. The molecule has 0 aliphatic carbocycles. The number of likely N-dealkylation sites (tertiary alicyclic amines) is 1. The zero-order chi connectivity index (χ0) is 16.2. The molecule has 126 valence electrons. The topological polar surface area (TPSA) is 61.8 Å². The zero-order valence-electron chi connectivity index (χ0n) is 13.8. The van der Waals surface area contributed by atoms with Gasteiger partial charge in [-0.3, -0.25) is 9.69 Å². The summed E-state index contributed by atoms with van der Waals surface area (Å²) in [6.07, 6.45) is 4.53. The molecule has 23 heavy (non-hydrogen) atoms. The smallest absolute Gasteiger partial charge is 0.307 e. The Morgan fingerprint density at radius 2 is 2.13 bits per heavy atom. The maximum absolute atomic E-state index is 11.1. The summed E-state index contributed by atoms with van der Waals surface area (Å²) in [6.45, 7) is 3.76. The fraction of sp³-hybridized carbons (Fsp3) is 0.611. The van der Waals surface area contributed by atoms with Crippen molar-refractivity contribution in [3.8, 4) is 5.75 Å². The monoisotopic (exact) mass is 318 g/mol. The van der Waals surface area contributed by atoms with Crippen LogP contribution in [0.2, 0.25) is 0 Å². The Balaban J connectivity index is 1.74. The largest absolute Gasteiger partial charge is 0.496 e. The van der Waals surface area contributed by atoms with Gasteiger partial charge in [-0.05, 0) is 50.0 Å². The summed E-state index contributed by atoms with van der Waals surface area (Å²) < 4.78 is 5.52. The van der Waals surface area contributed by atoms with Crippen LogP contribution in [-0.2, 0) is 11.3 Å². The van der Waals surface area contributed by atoms with E-state index < -0.39 is 5.97 Å². The molecule has 2 heterocycles. The molecule has 2 N–H and O–H groups in total. The number of aliphatic carboxylic acids is 1. The van der Waals surface area contributed by atoms with E-state index in [1.165, 1.54) is 30.4 Å². The van der Waals surface area contributed by atoms with Crippen molar-refractivity contribution in [3.63, 3.8) is 0 Å². The predicted molar refractivity (Wildman–Crippen MR) is 88.6 cm³/mol. The second-order valence-corrected chi connectivity index (χ2v) is 6.64. The summed E-state index contributed by atoms with van der Waals surface area (Å²) in [7, 11) is 1.71.